The number of allylic oxidation sites excluding steroid dienone is 2. The summed E-state index contributed by atoms with van der Waals surface area (Å²) in [5.74, 6) is -1.74. The van der Waals surface area contributed by atoms with E-state index < -0.39 is 52.3 Å². The molecule has 5 aliphatic rings. The molecule has 0 radical (unpaired) electrons. The standard InChI is InChI=1S/C33H55B5O8S/c1-5-15(3)27(43)45-14-29-18(13-32(36,47)26(25(29)42)46-28(44)16(4)6-2)17-7-8-19-30(34)12-10-21(39)33(37,38)20(30)9-11-31(19,35)22(17)23(40)24(29)41/h6-7,15,18-26,39-42,47H,5,8-14,34-38H2,1-4H3/b16-6-/t15?,18?,19?,20?,21-,22?,23+,24+,25-,26-,29-,30-,31-,32+/m0/s1. The number of thiol groups is 1. The van der Waals surface area contributed by atoms with Gasteiger partial charge in [0.05, 0.1) is 23.5 Å². The Morgan fingerprint density at radius 3 is 2.30 bits per heavy atom. The van der Waals surface area contributed by atoms with Gasteiger partial charge in [0.25, 0.3) is 0 Å². The number of ether oxygens (including phenoxy) is 2. The maximum Gasteiger partial charge on any atom is 0.333 e. The molecule has 0 aliphatic heterocycles. The molecule has 0 bridgehead atoms. The number of carbonyl (C=O) groups excluding carboxylic acids is 2. The molecule has 0 saturated heterocycles. The van der Waals surface area contributed by atoms with Crippen LogP contribution in [0.25, 0.3) is 0 Å². The average molecular weight is 666 g/mol. The molecule has 4 saturated carbocycles. The molecule has 47 heavy (non-hydrogen) atoms. The zero-order valence-electron chi connectivity index (χ0n) is 30.0. The lowest BCUT2D eigenvalue weighted by Gasteiger charge is -2.70. The lowest BCUT2D eigenvalue weighted by molar-refractivity contribution is -0.243. The summed E-state index contributed by atoms with van der Waals surface area (Å²) in [6.07, 6.45) is 3.28. The molecule has 14 atom stereocenters. The smallest absolute Gasteiger partial charge is 0.333 e. The number of aliphatic hydroxyl groups excluding tert-OH is 4. The molecule has 0 amide bonds. The minimum absolute atomic E-state index is 0.0586. The van der Waals surface area contributed by atoms with Crippen molar-refractivity contribution in [3.63, 3.8) is 0 Å². The highest BCUT2D eigenvalue weighted by Gasteiger charge is 2.72. The average Bonchev–Trinajstić information content (AvgIpc) is 3.01. The van der Waals surface area contributed by atoms with Crippen LogP contribution in [0.5, 0.6) is 0 Å². The van der Waals surface area contributed by atoms with Gasteiger partial charge in [0.15, 0.2) is 0 Å². The van der Waals surface area contributed by atoms with Crippen molar-refractivity contribution >= 4 is 63.8 Å². The Kier molecular flexibility index (Phi) is 9.98. The normalized spacial score (nSPS) is 48.0. The fourth-order valence-corrected chi connectivity index (χ4v) is 11.7. The summed E-state index contributed by atoms with van der Waals surface area (Å²) in [4.78, 5) is 26.1. The van der Waals surface area contributed by atoms with Gasteiger partial charge in [0.2, 0.25) is 0 Å². The zero-order valence-corrected chi connectivity index (χ0v) is 30.8. The number of aliphatic hydroxyl groups is 4. The van der Waals surface area contributed by atoms with Crippen LogP contribution in [0.1, 0.15) is 72.6 Å². The third-order valence-electron chi connectivity index (χ3n) is 14.5. The molecule has 8 nitrogen and oxygen atoms in total. The molecule has 4 fully saturated rings. The van der Waals surface area contributed by atoms with Crippen LogP contribution in [-0.2, 0) is 19.1 Å². The number of hydrogen-bond acceptors (Lipinski definition) is 9. The van der Waals surface area contributed by atoms with Gasteiger partial charge in [-0.15, -0.1) is 0 Å². The summed E-state index contributed by atoms with van der Waals surface area (Å²) >= 11 is 5.02. The van der Waals surface area contributed by atoms with Crippen molar-refractivity contribution in [2.24, 2.45) is 35.0 Å². The van der Waals surface area contributed by atoms with Gasteiger partial charge in [-0.05, 0) is 62.6 Å². The number of esters is 2. The minimum atomic E-state index is -1.52. The van der Waals surface area contributed by atoms with Crippen LogP contribution in [0.3, 0.4) is 0 Å². The quantitative estimate of drug-likeness (QED) is 0.0796. The SMILES string of the molecule is BC1(B)C2CC[C@@]3(B)C4C(=CCC3[C@@]2(B)CC[C@@H]1O)C1C[C@@](B)(S)[C@@H](OC(=O)/C(C)=C\C)[C@H](O)[C@]1(COC(=O)C(C)CC)[C@H](O)[C@@H]4O. The molecule has 0 aromatic heterocycles. The number of hydrogen-bond donors (Lipinski definition) is 5. The van der Waals surface area contributed by atoms with Crippen molar-refractivity contribution in [3.05, 3.63) is 23.3 Å². The largest absolute Gasteiger partial charge is 0.465 e. The van der Waals surface area contributed by atoms with E-state index >= 15 is 0 Å². The fraction of sp³-hybridized carbons (Fsp3) is 0.818. The lowest BCUT2D eigenvalue weighted by Crippen LogP contribution is -2.74. The Morgan fingerprint density at radius 2 is 1.68 bits per heavy atom. The Labute approximate surface area is 291 Å². The molecule has 256 valence electrons. The lowest BCUT2D eigenvalue weighted by atomic mass is 9.24. The molecular formula is C33H55B5O8S. The first kappa shape index (κ1) is 37.2. The molecule has 5 rings (SSSR count). The summed E-state index contributed by atoms with van der Waals surface area (Å²) in [5, 5.41) is 47.5. The topological polar surface area (TPSA) is 134 Å². The van der Waals surface area contributed by atoms with Crippen molar-refractivity contribution in [3.8, 4) is 0 Å². The Balaban J connectivity index is 1.62. The van der Waals surface area contributed by atoms with Crippen molar-refractivity contribution in [1.29, 1.82) is 0 Å². The maximum absolute atomic E-state index is 13.1. The Hall–Kier alpha value is -1.07. The van der Waals surface area contributed by atoms with E-state index in [1.54, 1.807) is 26.8 Å². The van der Waals surface area contributed by atoms with Gasteiger partial charge in [-0.3, -0.25) is 4.79 Å². The van der Waals surface area contributed by atoms with Crippen molar-refractivity contribution in [1.82, 2.24) is 0 Å². The van der Waals surface area contributed by atoms with Gasteiger partial charge >= 0.3 is 11.9 Å². The van der Waals surface area contributed by atoms with E-state index in [1.165, 1.54) is 0 Å². The summed E-state index contributed by atoms with van der Waals surface area (Å²) in [7, 11) is 10.9. The molecule has 0 heterocycles. The molecule has 0 spiro atoms. The second-order valence-corrected chi connectivity index (χ2v) is 18.3. The highest BCUT2D eigenvalue weighted by Crippen LogP contribution is 2.76. The van der Waals surface area contributed by atoms with Crippen LogP contribution >= 0.6 is 12.6 Å². The van der Waals surface area contributed by atoms with Crippen molar-refractivity contribution in [2.45, 2.75) is 124 Å². The number of fused-ring (bicyclic) bond motifs is 7. The second-order valence-electron chi connectivity index (χ2n) is 17.3. The van der Waals surface area contributed by atoms with Gasteiger partial charge in [-0.2, -0.15) is 12.6 Å². The van der Waals surface area contributed by atoms with Crippen LogP contribution in [-0.4, -0.2) is 113 Å². The highest BCUT2D eigenvalue weighted by molar-refractivity contribution is 7.83. The summed E-state index contributed by atoms with van der Waals surface area (Å²) in [5.41, 5.74) is -0.170. The summed E-state index contributed by atoms with van der Waals surface area (Å²) in [6, 6.07) is 0. The second kappa shape index (κ2) is 12.6. The summed E-state index contributed by atoms with van der Waals surface area (Å²) < 4.78 is 10.9. The molecule has 0 aromatic rings. The monoisotopic (exact) mass is 666 g/mol. The van der Waals surface area contributed by atoms with Gasteiger partial charge in [-0.1, -0.05) is 61.4 Å². The first-order valence-electron chi connectivity index (χ1n) is 17.9. The van der Waals surface area contributed by atoms with E-state index in [0.717, 1.165) is 37.7 Å². The van der Waals surface area contributed by atoms with Crippen LogP contribution in [0.4, 0.5) is 0 Å². The van der Waals surface area contributed by atoms with E-state index in [0.29, 0.717) is 24.3 Å². The third kappa shape index (κ3) is 5.48. The van der Waals surface area contributed by atoms with E-state index in [4.69, 9.17) is 22.1 Å². The molecule has 5 unspecified atom stereocenters. The van der Waals surface area contributed by atoms with Crippen LogP contribution in [0.15, 0.2) is 23.3 Å². The third-order valence-corrected chi connectivity index (χ3v) is 15.0. The molecular weight excluding hydrogens is 610 g/mol. The van der Waals surface area contributed by atoms with Gasteiger partial charge < -0.3 is 29.9 Å². The fourth-order valence-electron chi connectivity index (χ4n) is 11.3. The Bertz CT molecular complexity index is 1330. The number of carbonyl (C=O) groups is 2. The van der Waals surface area contributed by atoms with E-state index in [2.05, 4.69) is 37.5 Å². The summed E-state index contributed by atoms with van der Waals surface area (Å²) in [6.45, 7) is 6.72. The molecule has 14 heteroatoms. The van der Waals surface area contributed by atoms with E-state index in [9.17, 15) is 30.0 Å². The molecule has 0 aromatic carbocycles. The van der Waals surface area contributed by atoms with Gasteiger partial charge in [0, 0.05) is 22.2 Å². The number of rotatable bonds is 6. The highest BCUT2D eigenvalue weighted by atomic mass is 32.1. The van der Waals surface area contributed by atoms with E-state index in [1.807, 2.05) is 14.8 Å². The molecule has 4 N–H and O–H groups in total. The van der Waals surface area contributed by atoms with E-state index in [-0.39, 0.29) is 46.3 Å². The zero-order chi connectivity index (χ0) is 35.1. The first-order valence-corrected chi connectivity index (χ1v) is 18.4. The van der Waals surface area contributed by atoms with Crippen LogP contribution < -0.4 is 0 Å². The maximum atomic E-state index is 13.1. The van der Waals surface area contributed by atoms with Crippen LogP contribution in [0.2, 0.25) is 15.8 Å². The first-order chi connectivity index (χ1) is 21.7. The van der Waals surface area contributed by atoms with Gasteiger partial charge in [-0.25, -0.2) is 4.79 Å². The predicted octanol–water partition coefficient (Wildman–Crippen LogP) is -1.09. The van der Waals surface area contributed by atoms with Crippen molar-refractivity contribution < 1.29 is 39.5 Å². The Morgan fingerprint density at radius 1 is 1.04 bits per heavy atom. The minimum Gasteiger partial charge on any atom is -0.465 e. The van der Waals surface area contributed by atoms with Crippen LogP contribution in [0, 0.1) is 35.0 Å². The molecule has 5 aliphatic carbocycles. The van der Waals surface area contributed by atoms with Crippen molar-refractivity contribution in [2.75, 3.05) is 6.61 Å². The van der Waals surface area contributed by atoms with Gasteiger partial charge in [0.1, 0.15) is 58.0 Å². The predicted molar refractivity (Wildman–Crippen MR) is 198 cm³/mol.